The van der Waals surface area contributed by atoms with Crippen molar-refractivity contribution < 1.29 is 0 Å². The average molecular weight is 158 g/mol. The van der Waals surface area contributed by atoms with Crippen LogP contribution in [0, 0.1) is 11.8 Å². The van der Waals surface area contributed by atoms with Crippen LogP contribution in [0.5, 0.6) is 0 Å². The van der Waals surface area contributed by atoms with E-state index in [9.17, 15) is 0 Å². The lowest BCUT2D eigenvalue weighted by atomic mass is 10.5. The van der Waals surface area contributed by atoms with Crippen LogP contribution < -0.4 is 0 Å². The van der Waals surface area contributed by atoms with E-state index in [0.717, 1.165) is 4.88 Å². The van der Waals surface area contributed by atoms with Crippen molar-refractivity contribution in [1.82, 2.24) is 4.37 Å². The minimum Gasteiger partial charge on any atom is -0.200 e. The molecule has 0 aliphatic heterocycles. The van der Waals surface area contributed by atoms with Crippen molar-refractivity contribution >= 4 is 23.1 Å². The van der Waals surface area contributed by atoms with Gasteiger partial charge in [0, 0.05) is 6.20 Å². The highest BCUT2D eigenvalue weighted by Gasteiger charge is 1.83. The smallest absolute Gasteiger partial charge is 0.0975 e. The van der Waals surface area contributed by atoms with Crippen LogP contribution in [0.15, 0.2) is 12.3 Å². The second kappa shape index (κ2) is 3.49. The van der Waals surface area contributed by atoms with E-state index < -0.39 is 0 Å². The molecule has 0 radical (unpaired) electrons. The highest BCUT2D eigenvalue weighted by atomic mass is 35.5. The number of aromatic nitrogens is 1. The normalized spacial score (nSPS) is 8.11. The fraction of sp³-hybridized carbons (Fsp3) is 0.167. The minimum atomic E-state index is 0.387. The van der Waals surface area contributed by atoms with Gasteiger partial charge in [-0.05, 0) is 17.6 Å². The van der Waals surface area contributed by atoms with Gasteiger partial charge < -0.3 is 0 Å². The van der Waals surface area contributed by atoms with Gasteiger partial charge in [0.1, 0.15) is 0 Å². The molecule has 0 N–H and O–H groups in total. The van der Waals surface area contributed by atoms with Crippen LogP contribution in [0.1, 0.15) is 4.88 Å². The van der Waals surface area contributed by atoms with Crippen LogP contribution in [0.2, 0.25) is 0 Å². The van der Waals surface area contributed by atoms with Gasteiger partial charge in [-0.25, -0.2) is 0 Å². The predicted molar refractivity (Wildman–Crippen MR) is 39.7 cm³/mol. The SMILES string of the molecule is ClCC#Cc1ccns1. The van der Waals surface area contributed by atoms with Gasteiger partial charge in [-0.1, -0.05) is 11.8 Å². The van der Waals surface area contributed by atoms with Crippen molar-refractivity contribution in [2.45, 2.75) is 0 Å². The molecule has 9 heavy (non-hydrogen) atoms. The summed E-state index contributed by atoms with van der Waals surface area (Å²) in [5.74, 6) is 5.97. The molecule has 3 heteroatoms. The van der Waals surface area contributed by atoms with Crippen LogP contribution in [0.4, 0.5) is 0 Å². The monoisotopic (exact) mass is 157 g/mol. The van der Waals surface area contributed by atoms with Crippen LogP contribution in [-0.4, -0.2) is 10.3 Å². The summed E-state index contributed by atoms with van der Waals surface area (Å²) in [6, 6.07) is 1.87. The Labute approximate surface area is 62.8 Å². The molecule has 0 saturated heterocycles. The summed E-state index contributed by atoms with van der Waals surface area (Å²) >= 11 is 6.71. The van der Waals surface area contributed by atoms with Gasteiger partial charge in [0.25, 0.3) is 0 Å². The number of rotatable bonds is 0. The summed E-state index contributed by atoms with van der Waals surface area (Å²) < 4.78 is 3.87. The Morgan fingerprint density at radius 2 is 2.67 bits per heavy atom. The first-order valence-electron chi connectivity index (χ1n) is 2.39. The maximum absolute atomic E-state index is 5.33. The summed E-state index contributed by atoms with van der Waals surface area (Å²) in [4.78, 5) is 0.968. The van der Waals surface area contributed by atoms with Gasteiger partial charge in [0.2, 0.25) is 0 Å². The molecular formula is C6H4ClNS. The molecule has 46 valence electrons. The van der Waals surface area contributed by atoms with Crippen molar-refractivity contribution in [3.63, 3.8) is 0 Å². The summed E-state index contributed by atoms with van der Waals surface area (Å²) in [6.45, 7) is 0. The van der Waals surface area contributed by atoms with Gasteiger partial charge >= 0.3 is 0 Å². The van der Waals surface area contributed by atoms with Crippen molar-refractivity contribution in [3.8, 4) is 11.8 Å². The first kappa shape index (κ1) is 6.60. The third-order valence-electron chi connectivity index (χ3n) is 0.716. The largest absolute Gasteiger partial charge is 0.200 e. The standard InChI is InChI=1S/C6H4ClNS/c7-4-1-2-6-3-5-8-9-6/h3,5H,4H2. The highest BCUT2D eigenvalue weighted by Crippen LogP contribution is 2.00. The molecule has 1 nitrogen and oxygen atoms in total. The molecule has 0 spiro atoms. The first-order valence-corrected chi connectivity index (χ1v) is 3.70. The second-order valence-electron chi connectivity index (χ2n) is 1.31. The molecule has 0 fully saturated rings. The average Bonchev–Trinajstić information content (AvgIpc) is 2.34. The molecule has 0 atom stereocenters. The van der Waals surface area contributed by atoms with Crippen LogP contribution in [0.25, 0.3) is 0 Å². The Balaban J connectivity index is 2.67. The molecule has 0 aliphatic rings. The lowest BCUT2D eigenvalue weighted by molar-refractivity contribution is 1.58. The Morgan fingerprint density at radius 3 is 3.22 bits per heavy atom. The summed E-state index contributed by atoms with van der Waals surface area (Å²) in [5, 5.41) is 0. The van der Waals surface area contributed by atoms with E-state index in [0.29, 0.717) is 5.88 Å². The van der Waals surface area contributed by atoms with E-state index in [4.69, 9.17) is 11.6 Å². The van der Waals surface area contributed by atoms with Crippen molar-refractivity contribution in [2.24, 2.45) is 0 Å². The molecule has 1 heterocycles. The molecule has 0 aliphatic carbocycles. The van der Waals surface area contributed by atoms with Gasteiger partial charge in [0.05, 0.1) is 10.8 Å². The van der Waals surface area contributed by atoms with Crippen LogP contribution in [-0.2, 0) is 0 Å². The van der Waals surface area contributed by atoms with E-state index >= 15 is 0 Å². The molecule has 0 saturated carbocycles. The fourth-order valence-corrected chi connectivity index (χ4v) is 0.942. The van der Waals surface area contributed by atoms with E-state index in [1.807, 2.05) is 6.07 Å². The Hall–Kier alpha value is -0.520. The van der Waals surface area contributed by atoms with Gasteiger partial charge in [-0.2, -0.15) is 4.37 Å². The van der Waals surface area contributed by atoms with Crippen molar-refractivity contribution in [3.05, 3.63) is 17.1 Å². The lowest BCUT2D eigenvalue weighted by Gasteiger charge is -1.69. The molecule has 0 unspecified atom stereocenters. The molecule has 0 aromatic carbocycles. The first-order chi connectivity index (χ1) is 4.43. The Morgan fingerprint density at radius 1 is 1.78 bits per heavy atom. The summed E-state index contributed by atoms with van der Waals surface area (Å²) in [7, 11) is 0. The molecule has 0 bridgehead atoms. The quantitative estimate of drug-likeness (QED) is 0.413. The fourth-order valence-electron chi connectivity index (χ4n) is 0.401. The zero-order valence-corrected chi connectivity index (χ0v) is 6.17. The van der Waals surface area contributed by atoms with E-state index in [-0.39, 0.29) is 0 Å². The van der Waals surface area contributed by atoms with E-state index in [1.165, 1.54) is 11.5 Å². The van der Waals surface area contributed by atoms with E-state index in [1.54, 1.807) is 6.20 Å². The van der Waals surface area contributed by atoms with E-state index in [2.05, 4.69) is 16.2 Å². The summed E-state index contributed by atoms with van der Waals surface area (Å²) in [6.07, 6.45) is 1.73. The number of hydrogen-bond donors (Lipinski definition) is 0. The lowest BCUT2D eigenvalue weighted by Crippen LogP contribution is -1.61. The highest BCUT2D eigenvalue weighted by molar-refractivity contribution is 7.06. The van der Waals surface area contributed by atoms with Crippen LogP contribution >= 0.6 is 23.1 Å². The van der Waals surface area contributed by atoms with Crippen LogP contribution in [0.3, 0.4) is 0 Å². The third kappa shape index (κ3) is 2.05. The second-order valence-corrected chi connectivity index (χ2v) is 2.41. The zero-order valence-electron chi connectivity index (χ0n) is 4.60. The zero-order chi connectivity index (χ0) is 6.53. The molecule has 0 amide bonds. The number of alkyl halides is 1. The maximum atomic E-state index is 5.33. The topological polar surface area (TPSA) is 12.9 Å². The maximum Gasteiger partial charge on any atom is 0.0975 e. The Bertz CT molecular complexity index is 219. The van der Waals surface area contributed by atoms with Gasteiger partial charge in [0.15, 0.2) is 0 Å². The molecule has 1 rings (SSSR count). The van der Waals surface area contributed by atoms with Gasteiger partial charge in [-0.15, -0.1) is 11.6 Å². The number of halogens is 1. The van der Waals surface area contributed by atoms with Crippen molar-refractivity contribution in [1.29, 1.82) is 0 Å². The molecular weight excluding hydrogens is 154 g/mol. The van der Waals surface area contributed by atoms with Gasteiger partial charge in [-0.3, -0.25) is 0 Å². The molecule has 1 aromatic rings. The Kier molecular flexibility index (Phi) is 2.56. The summed E-state index contributed by atoms with van der Waals surface area (Å²) in [5.41, 5.74) is 0. The van der Waals surface area contributed by atoms with Crippen molar-refractivity contribution in [2.75, 3.05) is 5.88 Å². The predicted octanol–water partition coefficient (Wildman–Crippen LogP) is 1.73. The minimum absolute atomic E-state index is 0.387. The molecule has 1 aromatic heterocycles. The number of hydrogen-bond acceptors (Lipinski definition) is 2. The number of nitrogens with zero attached hydrogens (tertiary/aromatic N) is 1. The third-order valence-corrected chi connectivity index (χ3v) is 1.51.